The fraction of sp³-hybridized carbons (Fsp3) is 0.364. The van der Waals surface area contributed by atoms with Gasteiger partial charge >= 0.3 is 0 Å². The highest BCUT2D eigenvalue weighted by molar-refractivity contribution is 5.88. The standard InChI is InChI=1S/C11H13NO/c1-3-11(13)12-10-5-4-7(2)8-6-9(8)10/h3-5,8-9H,1,6H2,2H3,(H,12,13). The van der Waals surface area contributed by atoms with E-state index >= 15 is 0 Å². The smallest absolute Gasteiger partial charge is 0.247 e. The van der Waals surface area contributed by atoms with Crippen molar-refractivity contribution < 1.29 is 4.79 Å². The molecular weight excluding hydrogens is 162 g/mol. The Morgan fingerprint density at radius 1 is 1.62 bits per heavy atom. The van der Waals surface area contributed by atoms with Crippen molar-refractivity contribution in [3.63, 3.8) is 0 Å². The van der Waals surface area contributed by atoms with Crippen LogP contribution in [0.15, 0.2) is 36.1 Å². The van der Waals surface area contributed by atoms with Crippen molar-refractivity contribution in [3.8, 4) is 0 Å². The summed E-state index contributed by atoms with van der Waals surface area (Å²) in [4.78, 5) is 11.0. The molecule has 1 N–H and O–H groups in total. The number of hydrogen-bond donors (Lipinski definition) is 1. The minimum Gasteiger partial charge on any atom is -0.326 e. The van der Waals surface area contributed by atoms with Gasteiger partial charge in [0.2, 0.25) is 5.91 Å². The number of rotatable bonds is 2. The van der Waals surface area contributed by atoms with Crippen LogP contribution in [0, 0.1) is 11.8 Å². The number of amides is 1. The number of carbonyl (C=O) groups excluding carboxylic acids is 1. The summed E-state index contributed by atoms with van der Waals surface area (Å²) < 4.78 is 0. The van der Waals surface area contributed by atoms with Gasteiger partial charge in [0.25, 0.3) is 0 Å². The third-order valence-electron chi connectivity index (χ3n) is 2.75. The van der Waals surface area contributed by atoms with Gasteiger partial charge in [-0.1, -0.05) is 18.2 Å². The zero-order valence-corrected chi connectivity index (χ0v) is 7.71. The number of fused-ring (bicyclic) bond motifs is 1. The molecular formula is C11H13NO. The lowest BCUT2D eigenvalue weighted by molar-refractivity contribution is -0.115. The van der Waals surface area contributed by atoms with Gasteiger partial charge in [-0.15, -0.1) is 0 Å². The topological polar surface area (TPSA) is 29.1 Å². The van der Waals surface area contributed by atoms with Crippen molar-refractivity contribution >= 4 is 5.91 Å². The van der Waals surface area contributed by atoms with Crippen LogP contribution in [-0.2, 0) is 4.79 Å². The Hall–Kier alpha value is -1.31. The van der Waals surface area contributed by atoms with E-state index in [0.29, 0.717) is 11.8 Å². The Balaban J connectivity index is 2.09. The monoisotopic (exact) mass is 175 g/mol. The van der Waals surface area contributed by atoms with Gasteiger partial charge in [-0.05, 0) is 31.4 Å². The first-order valence-corrected chi connectivity index (χ1v) is 4.54. The first-order valence-electron chi connectivity index (χ1n) is 4.54. The van der Waals surface area contributed by atoms with Gasteiger partial charge in [0.05, 0.1) is 0 Å². The maximum Gasteiger partial charge on any atom is 0.247 e. The highest BCUT2D eigenvalue weighted by Crippen LogP contribution is 2.50. The van der Waals surface area contributed by atoms with Crippen molar-refractivity contribution in [2.24, 2.45) is 11.8 Å². The predicted molar refractivity (Wildman–Crippen MR) is 51.8 cm³/mol. The average molecular weight is 175 g/mol. The second-order valence-electron chi connectivity index (χ2n) is 3.67. The summed E-state index contributed by atoms with van der Waals surface area (Å²) in [6.45, 7) is 5.57. The zero-order chi connectivity index (χ0) is 9.42. The molecule has 0 saturated heterocycles. The molecule has 0 aliphatic heterocycles. The fourth-order valence-corrected chi connectivity index (χ4v) is 1.84. The molecule has 0 aromatic rings. The summed E-state index contributed by atoms with van der Waals surface area (Å²) in [6.07, 6.45) is 6.59. The van der Waals surface area contributed by atoms with Gasteiger partial charge in [-0.25, -0.2) is 0 Å². The average Bonchev–Trinajstić information content (AvgIpc) is 2.90. The van der Waals surface area contributed by atoms with E-state index in [1.54, 1.807) is 0 Å². The van der Waals surface area contributed by atoms with Gasteiger partial charge in [0, 0.05) is 11.6 Å². The lowest BCUT2D eigenvalue weighted by atomic mass is 10.0. The van der Waals surface area contributed by atoms with Crippen molar-refractivity contribution in [1.29, 1.82) is 0 Å². The van der Waals surface area contributed by atoms with Crippen LogP contribution in [0.4, 0.5) is 0 Å². The van der Waals surface area contributed by atoms with E-state index < -0.39 is 0 Å². The summed E-state index contributed by atoms with van der Waals surface area (Å²) >= 11 is 0. The second kappa shape index (κ2) is 2.87. The van der Waals surface area contributed by atoms with Crippen LogP contribution in [0.3, 0.4) is 0 Å². The summed E-state index contributed by atoms with van der Waals surface area (Å²) in [5.74, 6) is 1.14. The normalized spacial score (nSPS) is 29.6. The maximum atomic E-state index is 11.0. The largest absolute Gasteiger partial charge is 0.326 e. The SMILES string of the molecule is C=CC(=O)NC1=CC=C(C)C2CC12. The van der Waals surface area contributed by atoms with Gasteiger partial charge in [-0.3, -0.25) is 4.79 Å². The molecule has 2 nitrogen and oxygen atoms in total. The van der Waals surface area contributed by atoms with Crippen LogP contribution in [0.2, 0.25) is 0 Å². The maximum absolute atomic E-state index is 11.0. The van der Waals surface area contributed by atoms with Gasteiger partial charge in [0.1, 0.15) is 0 Å². The van der Waals surface area contributed by atoms with Crippen molar-refractivity contribution in [2.45, 2.75) is 13.3 Å². The van der Waals surface area contributed by atoms with Crippen molar-refractivity contribution in [3.05, 3.63) is 36.1 Å². The highest BCUT2D eigenvalue weighted by Gasteiger charge is 2.42. The summed E-state index contributed by atoms with van der Waals surface area (Å²) in [5, 5.41) is 2.84. The van der Waals surface area contributed by atoms with Crippen LogP contribution in [0.25, 0.3) is 0 Å². The second-order valence-corrected chi connectivity index (χ2v) is 3.67. The number of nitrogens with one attached hydrogen (secondary N) is 1. The molecule has 1 amide bonds. The van der Waals surface area contributed by atoms with E-state index in [2.05, 4.69) is 24.9 Å². The number of carbonyl (C=O) groups is 1. The predicted octanol–water partition coefficient (Wildman–Crippen LogP) is 1.77. The molecule has 0 heterocycles. The zero-order valence-electron chi connectivity index (χ0n) is 7.71. The van der Waals surface area contributed by atoms with E-state index in [9.17, 15) is 4.79 Å². The molecule has 13 heavy (non-hydrogen) atoms. The fourth-order valence-electron chi connectivity index (χ4n) is 1.84. The molecule has 0 aromatic heterocycles. The number of hydrogen-bond acceptors (Lipinski definition) is 1. The molecule has 2 heteroatoms. The lowest BCUT2D eigenvalue weighted by Crippen LogP contribution is -2.22. The third-order valence-corrected chi connectivity index (χ3v) is 2.75. The molecule has 0 spiro atoms. The quantitative estimate of drug-likeness (QED) is 0.637. The summed E-state index contributed by atoms with van der Waals surface area (Å²) in [7, 11) is 0. The van der Waals surface area contributed by atoms with Gasteiger partial charge in [0.15, 0.2) is 0 Å². The van der Waals surface area contributed by atoms with Gasteiger partial charge in [-0.2, -0.15) is 0 Å². The van der Waals surface area contributed by atoms with Crippen LogP contribution in [0.5, 0.6) is 0 Å². The van der Waals surface area contributed by atoms with Crippen LogP contribution in [0.1, 0.15) is 13.3 Å². The Morgan fingerprint density at radius 2 is 2.38 bits per heavy atom. The molecule has 2 aliphatic rings. The van der Waals surface area contributed by atoms with Crippen LogP contribution in [-0.4, -0.2) is 5.91 Å². The number of allylic oxidation sites excluding steroid dienone is 4. The molecule has 0 aromatic carbocycles. The Kier molecular flexibility index (Phi) is 1.83. The minimum atomic E-state index is -0.107. The highest BCUT2D eigenvalue weighted by atomic mass is 16.1. The molecule has 1 fully saturated rings. The van der Waals surface area contributed by atoms with Crippen LogP contribution >= 0.6 is 0 Å². The van der Waals surface area contributed by atoms with Crippen molar-refractivity contribution in [1.82, 2.24) is 5.32 Å². The first-order chi connectivity index (χ1) is 6.22. The first kappa shape index (κ1) is 8.30. The van der Waals surface area contributed by atoms with E-state index in [1.807, 2.05) is 6.08 Å². The third kappa shape index (κ3) is 1.44. The lowest BCUT2D eigenvalue weighted by Gasteiger charge is -2.11. The molecule has 1 saturated carbocycles. The Bertz CT molecular complexity index is 325. The molecule has 2 rings (SSSR count). The molecule has 0 bridgehead atoms. The van der Waals surface area contributed by atoms with Gasteiger partial charge < -0.3 is 5.32 Å². The minimum absolute atomic E-state index is 0.107. The Labute approximate surface area is 78.0 Å². The molecule has 0 radical (unpaired) electrons. The molecule has 2 aliphatic carbocycles. The summed E-state index contributed by atoms with van der Waals surface area (Å²) in [5.41, 5.74) is 2.49. The van der Waals surface area contributed by atoms with Crippen molar-refractivity contribution in [2.75, 3.05) is 0 Å². The molecule has 2 atom stereocenters. The Morgan fingerprint density at radius 3 is 3.08 bits per heavy atom. The van der Waals surface area contributed by atoms with Crippen LogP contribution < -0.4 is 5.32 Å². The van der Waals surface area contributed by atoms with E-state index in [-0.39, 0.29) is 5.91 Å². The summed E-state index contributed by atoms with van der Waals surface area (Å²) in [6, 6.07) is 0. The van der Waals surface area contributed by atoms with E-state index in [4.69, 9.17) is 0 Å². The van der Waals surface area contributed by atoms with E-state index in [0.717, 1.165) is 5.70 Å². The molecule has 2 unspecified atom stereocenters. The van der Waals surface area contributed by atoms with E-state index in [1.165, 1.54) is 18.1 Å². The molecule has 68 valence electrons.